The minimum atomic E-state index is -1.08. The summed E-state index contributed by atoms with van der Waals surface area (Å²) in [5, 5.41) is 10.1. The van der Waals surface area contributed by atoms with Crippen LogP contribution >= 0.6 is 0 Å². The number of carbonyl (C=O) groups is 1. The first-order valence-corrected chi connectivity index (χ1v) is 5.34. The highest BCUT2D eigenvalue weighted by molar-refractivity contribution is 5.88. The Labute approximate surface area is 88.9 Å². The highest BCUT2D eigenvalue weighted by atomic mass is 16.3. The zero-order valence-corrected chi connectivity index (χ0v) is 8.94. The fraction of sp³-hybridized carbons (Fsp3) is 0.636. The molecule has 0 aliphatic heterocycles. The summed E-state index contributed by atoms with van der Waals surface area (Å²) in [4.78, 5) is 16.0. The fourth-order valence-corrected chi connectivity index (χ4v) is 2.11. The third-order valence-electron chi connectivity index (χ3n) is 3.19. The lowest BCUT2D eigenvalue weighted by atomic mass is 9.94. The average molecular weight is 208 g/mol. The summed E-state index contributed by atoms with van der Waals surface area (Å²) < 4.78 is 1.82. The standard InChI is InChI=1S/C11H16N2O2/c1-13-7-6-12-10(13)8-9(14)11(15)4-2-3-5-11/h6-7,15H,2-5,8H2,1H3. The Hall–Kier alpha value is -1.16. The lowest BCUT2D eigenvalue weighted by molar-refractivity contribution is -0.136. The van der Waals surface area contributed by atoms with Crippen molar-refractivity contribution in [2.45, 2.75) is 37.7 Å². The Bertz CT molecular complexity index is 364. The lowest BCUT2D eigenvalue weighted by Gasteiger charge is -2.19. The minimum absolute atomic E-state index is 0.0886. The minimum Gasteiger partial charge on any atom is -0.382 e. The van der Waals surface area contributed by atoms with E-state index in [1.165, 1.54) is 0 Å². The van der Waals surface area contributed by atoms with Crippen LogP contribution in [0.3, 0.4) is 0 Å². The van der Waals surface area contributed by atoms with Crippen LogP contribution in [0.15, 0.2) is 12.4 Å². The topological polar surface area (TPSA) is 55.1 Å². The first-order valence-electron chi connectivity index (χ1n) is 5.34. The number of aromatic nitrogens is 2. The molecular weight excluding hydrogens is 192 g/mol. The largest absolute Gasteiger partial charge is 0.382 e. The summed E-state index contributed by atoms with van der Waals surface area (Å²) in [6.07, 6.45) is 6.82. The van der Waals surface area contributed by atoms with Gasteiger partial charge in [0.25, 0.3) is 0 Å². The van der Waals surface area contributed by atoms with Crippen LogP contribution in [0.5, 0.6) is 0 Å². The monoisotopic (exact) mass is 208 g/mol. The fourth-order valence-electron chi connectivity index (χ4n) is 2.11. The normalized spacial score (nSPS) is 19.3. The molecule has 4 nitrogen and oxygen atoms in total. The van der Waals surface area contributed by atoms with Crippen molar-refractivity contribution < 1.29 is 9.90 Å². The van der Waals surface area contributed by atoms with Gasteiger partial charge in [-0.2, -0.15) is 0 Å². The van der Waals surface area contributed by atoms with E-state index in [9.17, 15) is 9.90 Å². The summed E-state index contributed by atoms with van der Waals surface area (Å²) in [6.45, 7) is 0. The second-order valence-corrected chi connectivity index (χ2v) is 4.29. The van der Waals surface area contributed by atoms with Crippen molar-refractivity contribution in [3.05, 3.63) is 18.2 Å². The molecule has 0 amide bonds. The van der Waals surface area contributed by atoms with E-state index in [4.69, 9.17) is 0 Å². The maximum atomic E-state index is 11.9. The summed E-state index contributed by atoms with van der Waals surface area (Å²) in [7, 11) is 1.86. The predicted molar refractivity (Wildman–Crippen MR) is 55.3 cm³/mol. The van der Waals surface area contributed by atoms with Gasteiger partial charge in [0.05, 0.1) is 6.42 Å². The zero-order chi connectivity index (χ0) is 10.9. The zero-order valence-electron chi connectivity index (χ0n) is 8.94. The molecular formula is C11H16N2O2. The van der Waals surface area contributed by atoms with Gasteiger partial charge in [-0.3, -0.25) is 4.79 Å². The number of imidazole rings is 1. The van der Waals surface area contributed by atoms with Gasteiger partial charge in [0, 0.05) is 19.4 Å². The Balaban J connectivity index is 2.07. The third kappa shape index (κ3) is 1.95. The van der Waals surface area contributed by atoms with Gasteiger partial charge in [0.15, 0.2) is 5.78 Å². The molecule has 0 bridgehead atoms. The van der Waals surface area contributed by atoms with Crippen LogP contribution in [0.4, 0.5) is 0 Å². The maximum Gasteiger partial charge on any atom is 0.171 e. The van der Waals surface area contributed by atoms with Crippen LogP contribution in [-0.4, -0.2) is 26.0 Å². The van der Waals surface area contributed by atoms with Crippen molar-refractivity contribution in [2.75, 3.05) is 0 Å². The molecule has 1 saturated carbocycles. The number of hydrogen-bond acceptors (Lipinski definition) is 3. The Morgan fingerprint density at radius 3 is 2.80 bits per heavy atom. The van der Waals surface area contributed by atoms with Gasteiger partial charge in [-0.1, -0.05) is 0 Å². The average Bonchev–Trinajstić information content (AvgIpc) is 2.78. The maximum absolute atomic E-state index is 11.9. The molecule has 15 heavy (non-hydrogen) atoms. The predicted octanol–water partition coefficient (Wildman–Crippen LogP) is 0.837. The van der Waals surface area contributed by atoms with E-state index in [0.29, 0.717) is 12.8 Å². The molecule has 1 aromatic heterocycles. The van der Waals surface area contributed by atoms with Crippen molar-refractivity contribution in [1.29, 1.82) is 0 Å². The number of hydrogen-bond donors (Lipinski definition) is 1. The molecule has 1 heterocycles. The van der Waals surface area contributed by atoms with Crippen LogP contribution in [0.1, 0.15) is 31.5 Å². The van der Waals surface area contributed by atoms with Gasteiger partial charge in [-0.05, 0) is 25.7 Å². The number of Topliss-reactive ketones (excluding diaryl/α,β-unsaturated/α-hetero) is 1. The van der Waals surface area contributed by atoms with Crippen LogP contribution in [-0.2, 0) is 18.3 Å². The number of ketones is 1. The quantitative estimate of drug-likeness (QED) is 0.800. The number of rotatable bonds is 3. The van der Waals surface area contributed by atoms with Crippen LogP contribution in [0.2, 0.25) is 0 Å². The van der Waals surface area contributed by atoms with Gasteiger partial charge in [-0.25, -0.2) is 4.98 Å². The molecule has 0 atom stereocenters. The van der Waals surface area contributed by atoms with Gasteiger partial charge >= 0.3 is 0 Å². The first kappa shape index (κ1) is 10.4. The van der Waals surface area contributed by atoms with Crippen molar-refractivity contribution in [3.63, 3.8) is 0 Å². The van der Waals surface area contributed by atoms with Crippen molar-refractivity contribution in [2.24, 2.45) is 7.05 Å². The van der Waals surface area contributed by atoms with E-state index in [1.54, 1.807) is 12.4 Å². The molecule has 1 N–H and O–H groups in total. The highest BCUT2D eigenvalue weighted by Gasteiger charge is 2.38. The smallest absolute Gasteiger partial charge is 0.171 e. The SMILES string of the molecule is Cn1ccnc1CC(=O)C1(O)CCCC1. The van der Waals surface area contributed by atoms with Crippen LogP contribution in [0.25, 0.3) is 0 Å². The molecule has 1 fully saturated rings. The van der Waals surface area contributed by atoms with Gasteiger partial charge in [-0.15, -0.1) is 0 Å². The molecule has 0 radical (unpaired) electrons. The van der Waals surface area contributed by atoms with E-state index in [1.807, 2.05) is 11.6 Å². The van der Waals surface area contributed by atoms with Crippen LogP contribution < -0.4 is 0 Å². The summed E-state index contributed by atoms with van der Waals surface area (Å²) in [6, 6.07) is 0. The summed E-state index contributed by atoms with van der Waals surface area (Å²) in [5.74, 6) is 0.634. The highest BCUT2D eigenvalue weighted by Crippen LogP contribution is 2.30. The Kier molecular flexibility index (Phi) is 2.61. The molecule has 1 aromatic rings. The molecule has 1 aliphatic rings. The third-order valence-corrected chi connectivity index (χ3v) is 3.19. The number of aliphatic hydroxyl groups is 1. The molecule has 0 saturated heterocycles. The first-order chi connectivity index (χ1) is 7.12. The lowest BCUT2D eigenvalue weighted by Crippen LogP contribution is -2.37. The van der Waals surface area contributed by atoms with Gasteiger partial charge < -0.3 is 9.67 Å². The van der Waals surface area contributed by atoms with Gasteiger partial charge in [0.1, 0.15) is 11.4 Å². The Morgan fingerprint density at radius 1 is 1.60 bits per heavy atom. The second kappa shape index (κ2) is 3.77. The summed E-state index contributed by atoms with van der Waals surface area (Å²) >= 11 is 0. The number of aryl methyl sites for hydroxylation is 1. The molecule has 4 heteroatoms. The van der Waals surface area contributed by atoms with Gasteiger partial charge in [0.2, 0.25) is 0 Å². The van der Waals surface area contributed by atoms with E-state index >= 15 is 0 Å². The van der Waals surface area contributed by atoms with E-state index in [0.717, 1.165) is 18.7 Å². The van der Waals surface area contributed by atoms with Crippen LogP contribution in [0, 0.1) is 0 Å². The van der Waals surface area contributed by atoms with E-state index in [-0.39, 0.29) is 12.2 Å². The molecule has 82 valence electrons. The molecule has 2 rings (SSSR count). The Morgan fingerprint density at radius 2 is 2.27 bits per heavy atom. The number of carbonyl (C=O) groups excluding carboxylic acids is 1. The van der Waals surface area contributed by atoms with Crippen molar-refractivity contribution in [3.8, 4) is 0 Å². The second-order valence-electron chi connectivity index (χ2n) is 4.29. The molecule has 0 aromatic carbocycles. The van der Waals surface area contributed by atoms with Crippen molar-refractivity contribution >= 4 is 5.78 Å². The molecule has 1 aliphatic carbocycles. The number of nitrogens with zero attached hydrogens (tertiary/aromatic N) is 2. The van der Waals surface area contributed by atoms with E-state index < -0.39 is 5.60 Å². The molecule has 0 unspecified atom stereocenters. The summed E-state index contributed by atoms with van der Waals surface area (Å²) in [5.41, 5.74) is -1.08. The van der Waals surface area contributed by atoms with Crippen molar-refractivity contribution in [1.82, 2.24) is 9.55 Å². The van der Waals surface area contributed by atoms with E-state index in [2.05, 4.69) is 4.98 Å². The molecule has 0 spiro atoms.